The van der Waals surface area contributed by atoms with E-state index in [1.165, 1.54) is 6.92 Å². The maximum Gasteiger partial charge on any atom is 0.242 e. The fourth-order valence-electron chi connectivity index (χ4n) is 2.76. The molecule has 13 nitrogen and oxygen atoms in total. The van der Waals surface area contributed by atoms with Gasteiger partial charge in [0.05, 0.1) is 29.6 Å². The molecule has 1 aliphatic heterocycles. The van der Waals surface area contributed by atoms with Gasteiger partial charge in [0, 0.05) is 6.42 Å². The van der Waals surface area contributed by atoms with Crippen LogP contribution in [0.5, 0.6) is 0 Å². The number of carbonyl (C=O) groups excluding carboxylic acids is 2. The van der Waals surface area contributed by atoms with Crippen molar-refractivity contribution in [3.8, 4) is 0 Å². The summed E-state index contributed by atoms with van der Waals surface area (Å²) in [4.78, 5) is 54.3. The molecular weight excluding hydrogens is 476 g/mol. The van der Waals surface area contributed by atoms with E-state index in [2.05, 4.69) is 5.43 Å². The van der Waals surface area contributed by atoms with Crippen molar-refractivity contribution in [1.29, 1.82) is 0 Å². The van der Waals surface area contributed by atoms with Crippen molar-refractivity contribution >= 4 is 11.8 Å². The molecule has 1 aliphatic rings. The lowest BCUT2D eigenvalue weighted by molar-refractivity contribution is -0.535. The molecule has 0 aromatic carbocycles. The van der Waals surface area contributed by atoms with Gasteiger partial charge in [0.25, 0.3) is 0 Å². The lowest BCUT2D eigenvalue weighted by atomic mass is 10.00. The highest BCUT2D eigenvalue weighted by molar-refractivity contribution is 5.78. The normalized spacial score (nSPS) is 23.6. The van der Waals surface area contributed by atoms with Crippen molar-refractivity contribution in [1.82, 2.24) is 10.9 Å². The fraction of sp³-hybridized carbons (Fsp3) is 0.913. The zero-order valence-electron chi connectivity index (χ0n) is 23.9. The average molecular weight is 525 g/mol. The minimum atomic E-state index is -1.40. The van der Waals surface area contributed by atoms with E-state index in [1.54, 1.807) is 55.4 Å². The number of carbonyl (C=O) groups is 2. The Kier molecular flexibility index (Phi) is 12.9. The Hall–Kier alpha value is -1.42. The molecule has 36 heavy (non-hydrogen) atoms. The zero-order chi connectivity index (χ0) is 28.6. The summed E-state index contributed by atoms with van der Waals surface area (Å²) < 4.78 is 5.76. The van der Waals surface area contributed by atoms with E-state index in [1.807, 2.05) is 26.2 Å². The number of hydrogen-bond donors (Lipinski definition) is 4. The van der Waals surface area contributed by atoms with Crippen LogP contribution in [0.3, 0.4) is 0 Å². The highest BCUT2D eigenvalue weighted by Gasteiger charge is 2.45. The van der Waals surface area contributed by atoms with Gasteiger partial charge >= 0.3 is 0 Å². The lowest BCUT2D eigenvalue weighted by Crippen LogP contribution is -2.49. The second-order valence-electron chi connectivity index (χ2n) is 11.7. The summed E-state index contributed by atoms with van der Waals surface area (Å²) in [7, 11) is 0. The molecule has 1 fully saturated rings. The standard InChI is InChI=1S/C12H26N2O5.C11H22N2O4/c1-10(2,3)16-18-12(7,8-9(15)14-13)19-17-11(4,5)6;1-7-6-10(3,4)16-17-11(5,15-7)8(2)9(14)13-12/h8,13H2,1-7H3,(H,14,15);7-8H,6,12H2,1-5H3,(H,13,14). The van der Waals surface area contributed by atoms with Crippen LogP contribution in [0.15, 0.2) is 0 Å². The van der Waals surface area contributed by atoms with E-state index in [0.29, 0.717) is 6.42 Å². The second-order valence-corrected chi connectivity index (χ2v) is 11.7. The molecule has 2 amide bonds. The lowest BCUT2D eigenvalue weighted by Gasteiger charge is -2.32. The third-order valence-corrected chi connectivity index (χ3v) is 4.55. The molecule has 1 heterocycles. The van der Waals surface area contributed by atoms with Crippen LogP contribution < -0.4 is 22.5 Å². The minimum Gasteiger partial charge on any atom is -0.344 e. The van der Waals surface area contributed by atoms with Crippen molar-refractivity contribution < 1.29 is 43.7 Å². The molecule has 0 saturated carbocycles. The van der Waals surface area contributed by atoms with Gasteiger partial charge in [-0.05, 0) is 83.1 Å². The van der Waals surface area contributed by atoms with E-state index in [-0.39, 0.29) is 18.4 Å². The van der Waals surface area contributed by atoms with Crippen molar-refractivity contribution in [3.63, 3.8) is 0 Å². The third kappa shape index (κ3) is 13.8. The molecule has 0 spiro atoms. The molecule has 0 bridgehead atoms. The molecule has 3 atom stereocenters. The summed E-state index contributed by atoms with van der Waals surface area (Å²) >= 11 is 0. The van der Waals surface area contributed by atoms with Crippen LogP contribution >= 0.6 is 0 Å². The third-order valence-electron chi connectivity index (χ3n) is 4.55. The Morgan fingerprint density at radius 1 is 0.917 bits per heavy atom. The quantitative estimate of drug-likeness (QED) is 0.121. The molecule has 0 aromatic heterocycles. The van der Waals surface area contributed by atoms with E-state index in [4.69, 9.17) is 45.7 Å². The van der Waals surface area contributed by atoms with Gasteiger partial charge in [-0.15, -0.1) is 0 Å². The minimum absolute atomic E-state index is 0.0782. The van der Waals surface area contributed by atoms with Gasteiger partial charge in [-0.3, -0.25) is 20.4 Å². The molecule has 6 N–H and O–H groups in total. The van der Waals surface area contributed by atoms with Crippen LogP contribution in [-0.2, 0) is 43.7 Å². The van der Waals surface area contributed by atoms with Gasteiger partial charge in [-0.2, -0.15) is 14.7 Å². The SMILES string of the molecule is CC(C)(C)OOC(C)(CC(=O)NN)OOC(C)(C)C.CC1CC(C)(C)OOC(C)(C(C)C(=O)NN)O1. The largest absolute Gasteiger partial charge is 0.344 e. The number of ether oxygens (including phenoxy) is 1. The van der Waals surface area contributed by atoms with Crippen molar-refractivity contribution in [2.24, 2.45) is 17.6 Å². The van der Waals surface area contributed by atoms with Gasteiger partial charge in [-0.1, -0.05) is 0 Å². The number of nitrogens with two attached hydrogens (primary N) is 2. The summed E-state index contributed by atoms with van der Waals surface area (Å²) in [6, 6.07) is 0. The van der Waals surface area contributed by atoms with Gasteiger partial charge in [0.1, 0.15) is 5.60 Å². The van der Waals surface area contributed by atoms with Crippen LogP contribution in [0, 0.1) is 5.92 Å². The second kappa shape index (κ2) is 13.4. The summed E-state index contributed by atoms with van der Waals surface area (Å²) in [5, 5.41) is 0. The molecule has 13 heteroatoms. The topological polar surface area (TPSA) is 175 Å². The Bertz CT molecular complexity index is 689. The van der Waals surface area contributed by atoms with Crippen molar-refractivity contribution in [2.75, 3.05) is 0 Å². The summed E-state index contributed by atoms with van der Waals surface area (Å²) in [5.41, 5.74) is 2.55. The van der Waals surface area contributed by atoms with E-state index in [9.17, 15) is 9.59 Å². The van der Waals surface area contributed by atoms with Crippen molar-refractivity contribution in [2.45, 2.75) is 130 Å². The Morgan fingerprint density at radius 2 is 1.39 bits per heavy atom. The first-order valence-corrected chi connectivity index (χ1v) is 11.9. The van der Waals surface area contributed by atoms with E-state index in [0.717, 1.165) is 0 Å². The molecule has 0 radical (unpaired) electrons. The number of hydrogen-bond acceptors (Lipinski definition) is 11. The van der Waals surface area contributed by atoms with Crippen molar-refractivity contribution in [3.05, 3.63) is 0 Å². The van der Waals surface area contributed by atoms with Crippen LogP contribution in [-0.4, -0.2) is 46.3 Å². The Balaban J connectivity index is 0.000000684. The van der Waals surface area contributed by atoms with Crippen LogP contribution in [0.2, 0.25) is 0 Å². The first-order valence-electron chi connectivity index (χ1n) is 11.9. The molecule has 0 aromatic rings. The maximum atomic E-state index is 11.5. The van der Waals surface area contributed by atoms with E-state index >= 15 is 0 Å². The zero-order valence-corrected chi connectivity index (χ0v) is 23.9. The smallest absolute Gasteiger partial charge is 0.242 e. The predicted molar refractivity (Wildman–Crippen MR) is 131 cm³/mol. The first-order chi connectivity index (χ1) is 16.1. The van der Waals surface area contributed by atoms with Gasteiger partial charge < -0.3 is 4.74 Å². The van der Waals surface area contributed by atoms with Crippen LogP contribution in [0.1, 0.15) is 95.9 Å². The van der Waals surface area contributed by atoms with Gasteiger partial charge in [0.15, 0.2) is 0 Å². The summed E-state index contributed by atoms with van der Waals surface area (Å²) in [6.07, 6.45) is 0.431. The fourth-order valence-corrected chi connectivity index (χ4v) is 2.76. The monoisotopic (exact) mass is 524 g/mol. The van der Waals surface area contributed by atoms with Crippen LogP contribution in [0.25, 0.3) is 0 Å². The number of nitrogens with one attached hydrogen (secondary N) is 2. The summed E-state index contributed by atoms with van der Waals surface area (Å²) in [5.74, 6) is 6.23. The molecule has 1 saturated heterocycles. The predicted octanol–water partition coefficient (Wildman–Crippen LogP) is 2.44. The number of rotatable bonds is 8. The average Bonchev–Trinajstić information content (AvgIpc) is 2.84. The Morgan fingerprint density at radius 3 is 1.78 bits per heavy atom. The highest BCUT2D eigenvalue weighted by atomic mass is 17.3. The van der Waals surface area contributed by atoms with Gasteiger partial charge in [0.2, 0.25) is 23.4 Å². The summed E-state index contributed by atoms with van der Waals surface area (Å²) in [6.45, 7) is 21.5. The molecule has 3 unspecified atom stereocenters. The maximum absolute atomic E-state index is 11.5. The first kappa shape index (κ1) is 34.6. The highest BCUT2D eigenvalue weighted by Crippen LogP contribution is 2.34. The number of amides is 2. The molecule has 1 rings (SSSR count). The molecule has 214 valence electrons. The Labute approximate surface area is 214 Å². The van der Waals surface area contributed by atoms with Gasteiger partial charge in [-0.25, -0.2) is 26.3 Å². The number of hydrazine groups is 2. The molecular formula is C23H48N4O9. The van der Waals surface area contributed by atoms with E-state index < -0.39 is 40.2 Å². The van der Waals surface area contributed by atoms with Crippen LogP contribution in [0.4, 0.5) is 0 Å². The molecule has 0 aliphatic carbocycles.